The maximum absolute atomic E-state index is 12.2. The zero-order valence-corrected chi connectivity index (χ0v) is 13.0. The first-order valence-corrected chi connectivity index (χ1v) is 7.25. The zero-order chi connectivity index (χ0) is 15.9. The number of rotatable bonds is 6. The molecule has 0 aliphatic rings. The van der Waals surface area contributed by atoms with Gasteiger partial charge in [-0.3, -0.25) is 4.79 Å². The number of benzene rings is 2. The van der Waals surface area contributed by atoms with E-state index in [0.29, 0.717) is 24.5 Å². The van der Waals surface area contributed by atoms with Crippen LogP contribution < -0.4 is 4.74 Å². The number of carbonyl (C=O) groups is 1. The normalized spacial score (nSPS) is 10.3. The van der Waals surface area contributed by atoms with Crippen molar-refractivity contribution >= 4 is 5.91 Å². The van der Waals surface area contributed by atoms with E-state index in [0.717, 1.165) is 5.56 Å². The highest BCUT2D eigenvalue weighted by Crippen LogP contribution is 2.16. The summed E-state index contributed by atoms with van der Waals surface area (Å²) in [7, 11) is 1.67. The molecule has 0 heterocycles. The van der Waals surface area contributed by atoms with Crippen LogP contribution in [0.1, 0.15) is 21.5 Å². The largest absolute Gasteiger partial charge is 0.489 e. The molecule has 0 unspecified atom stereocenters. The molecule has 2 aromatic rings. The van der Waals surface area contributed by atoms with E-state index >= 15 is 0 Å². The van der Waals surface area contributed by atoms with Crippen LogP contribution in [0.5, 0.6) is 5.75 Å². The molecule has 0 saturated carbocycles. The smallest absolute Gasteiger partial charge is 0.253 e. The molecule has 0 saturated heterocycles. The molecule has 116 valence electrons. The SMILES string of the molecule is Cc1cccc(COc2cccc(C(=O)N(C)CCO)c2)c1. The Morgan fingerprint density at radius 2 is 1.95 bits per heavy atom. The van der Waals surface area contributed by atoms with Crippen molar-refractivity contribution in [3.05, 3.63) is 65.2 Å². The van der Waals surface area contributed by atoms with E-state index in [4.69, 9.17) is 9.84 Å². The van der Waals surface area contributed by atoms with Gasteiger partial charge in [0.2, 0.25) is 0 Å². The third-order valence-corrected chi connectivity index (χ3v) is 3.35. The van der Waals surface area contributed by atoms with E-state index in [1.807, 2.05) is 31.2 Å². The summed E-state index contributed by atoms with van der Waals surface area (Å²) in [5, 5.41) is 8.90. The van der Waals surface area contributed by atoms with E-state index in [1.165, 1.54) is 10.5 Å². The van der Waals surface area contributed by atoms with Crippen LogP contribution >= 0.6 is 0 Å². The van der Waals surface area contributed by atoms with E-state index in [1.54, 1.807) is 25.2 Å². The van der Waals surface area contributed by atoms with Gasteiger partial charge >= 0.3 is 0 Å². The van der Waals surface area contributed by atoms with Crippen molar-refractivity contribution in [2.75, 3.05) is 20.2 Å². The summed E-state index contributed by atoms with van der Waals surface area (Å²) in [6.45, 7) is 2.77. The van der Waals surface area contributed by atoms with Gasteiger partial charge in [0.05, 0.1) is 6.61 Å². The Hall–Kier alpha value is -2.33. The van der Waals surface area contributed by atoms with Crippen LogP contribution in [-0.2, 0) is 6.61 Å². The van der Waals surface area contributed by atoms with Crippen LogP contribution in [0.4, 0.5) is 0 Å². The molecule has 1 amide bonds. The van der Waals surface area contributed by atoms with Crippen molar-refractivity contribution in [2.45, 2.75) is 13.5 Å². The van der Waals surface area contributed by atoms with Gasteiger partial charge in [-0.2, -0.15) is 0 Å². The standard InChI is InChI=1S/C18H21NO3/c1-14-5-3-6-15(11-14)13-22-17-8-4-7-16(12-17)18(21)19(2)9-10-20/h3-8,11-12,20H,9-10,13H2,1-2H3. The minimum Gasteiger partial charge on any atom is -0.489 e. The zero-order valence-electron chi connectivity index (χ0n) is 13.0. The van der Waals surface area contributed by atoms with E-state index in [9.17, 15) is 4.79 Å². The van der Waals surface area contributed by atoms with E-state index < -0.39 is 0 Å². The maximum atomic E-state index is 12.2. The van der Waals surface area contributed by atoms with Crippen LogP contribution in [0, 0.1) is 6.92 Å². The molecule has 2 rings (SSSR count). The average Bonchev–Trinajstić information content (AvgIpc) is 2.53. The fourth-order valence-corrected chi connectivity index (χ4v) is 2.16. The van der Waals surface area contributed by atoms with Crippen molar-refractivity contribution in [1.82, 2.24) is 4.90 Å². The number of likely N-dealkylation sites (N-methyl/N-ethyl adjacent to an activating group) is 1. The first-order valence-electron chi connectivity index (χ1n) is 7.25. The minimum atomic E-state index is -0.130. The lowest BCUT2D eigenvalue weighted by Gasteiger charge is -2.16. The van der Waals surface area contributed by atoms with E-state index in [-0.39, 0.29) is 12.5 Å². The number of nitrogens with zero attached hydrogens (tertiary/aromatic N) is 1. The molecule has 0 fully saturated rings. The highest BCUT2D eigenvalue weighted by molar-refractivity contribution is 5.94. The highest BCUT2D eigenvalue weighted by atomic mass is 16.5. The lowest BCUT2D eigenvalue weighted by Crippen LogP contribution is -2.29. The molecule has 4 heteroatoms. The monoisotopic (exact) mass is 299 g/mol. The quantitative estimate of drug-likeness (QED) is 0.892. The molecule has 0 bridgehead atoms. The van der Waals surface area contributed by atoms with Crippen LogP contribution in [-0.4, -0.2) is 36.1 Å². The molecule has 22 heavy (non-hydrogen) atoms. The van der Waals surface area contributed by atoms with Gasteiger partial charge in [-0.25, -0.2) is 0 Å². The van der Waals surface area contributed by atoms with Gasteiger partial charge in [-0.05, 0) is 30.7 Å². The number of aliphatic hydroxyl groups is 1. The van der Waals surface area contributed by atoms with Gasteiger partial charge in [0.25, 0.3) is 5.91 Å². The van der Waals surface area contributed by atoms with Gasteiger partial charge in [0, 0.05) is 19.2 Å². The lowest BCUT2D eigenvalue weighted by atomic mass is 10.1. The second-order valence-electron chi connectivity index (χ2n) is 5.26. The van der Waals surface area contributed by atoms with Crippen molar-refractivity contribution in [3.8, 4) is 5.75 Å². The number of aryl methyl sites for hydroxylation is 1. The summed E-state index contributed by atoms with van der Waals surface area (Å²) in [6.07, 6.45) is 0. The Balaban J connectivity index is 2.04. The second kappa shape index (κ2) is 7.61. The van der Waals surface area contributed by atoms with Crippen molar-refractivity contribution in [3.63, 3.8) is 0 Å². The summed E-state index contributed by atoms with van der Waals surface area (Å²) < 4.78 is 5.76. The topological polar surface area (TPSA) is 49.8 Å². The lowest BCUT2D eigenvalue weighted by molar-refractivity contribution is 0.0766. The molecule has 0 aromatic heterocycles. The Bertz CT molecular complexity index is 640. The van der Waals surface area contributed by atoms with Crippen LogP contribution in [0.25, 0.3) is 0 Å². The van der Waals surface area contributed by atoms with Crippen LogP contribution in [0.3, 0.4) is 0 Å². The van der Waals surface area contributed by atoms with Crippen molar-refractivity contribution < 1.29 is 14.6 Å². The highest BCUT2D eigenvalue weighted by Gasteiger charge is 2.11. The van der Waals surface area contributed by atoms with Crippen LogP contribution in [0.15, 0.2) is 48.5 Å². The molecule has 1 N–H and O–H groups in total. The number of hydrogen-bond acceptors (Lipinski definition) is 3. The molecule has 0 spiro atoms. The summed E-state index contributed by atoms with van der Waals surface area (Å²) in [6, 6.07) is 15.2. The summed E-state index contributed by atoms with van der Waals surface area (Å²) in [5.41, 5.74) is 2.84. The molecule has 2 aromatic carbocycles. The molecule has 0 aliphatic carbocycles. The Labute approximate surface area is 131 Å². The Kier molecular flexibility index (Phi) is 5.55. The van der Waals surface area contributed by atoms with Crippen molar-refractivity contribution in [1.29, 1.82) is 0 Å². The predicted octanol–water partition coefficient (Wildman–Crippen LogP) is 2.64. The molecule has 4 nitrogen and oxygen atoms in total. The molecular weight excluding hydrogens is 278 g/mol. The van der Waals surface area contributed by atoms with Gasteiger partial charge < -0.3 is 14.7 Å². The fourth-order valence-electron chi connectivity index (χ4n) is 2.16. The fraction of sp³-hybridized carbons (Fsp3) is 0.278. The molecule has 0 radical (unpaired) electrons. The number of hydrogen-bond donors (Lipinski definition) is 1. The van der Waals surface area contributed by atoms with E-state index in [2.05, 4.69) is 6.07 Å². The van der Waals surface area contributed by atoms with Gasteiger partial charge in [0.1, 0.15) is 12.4 Å². The number of amides is 1. The van der Waals surface area contributed by atoms with Gasteiger partial charge in [-0.15, -0.1) is 0 Å². The number of aliphatic hydroxyl groups excluding tert-OH is 1. The second-order valence-corrected chi connectivity index (χ2v) is 5.26. The Morgan fingerprint density at radius 3 is 2.68 bits per heavy atom. The van der Waals surface area contributed by atoms with Crippen LogP contribution in [0.2, 0.25) is 0 Å². The van der Waals surface area contributed by atoms with Crippen molar-refractivity contribution in [2.24, 2.45) is 0 Å². The first-order chi connectivity index (χ1) is 10.6. The Morgan fingerprint density at radius 1 is 1.18 bits per heavy atom. The minimum absolute atomic E-state index is 0.0498. The molecule has 0 atom stereocenters. The summed E-state index contributed by atoms with van der Waals surface area (Å²) >= 11 is 0. The van der Waals surface area contributed by atoms with Gasteiger partial charge in [-0.1, -0.05) is 35.9 Å². The summed E-state index contributed by atoms with van der Waals surface area (Å²) in [5.74, 6) is 0.528. The predicted molar refractivity (Wildman–Crippen MR) is 86.0 cm³/mol. The number of carbonyl (C=O) groups excluding carboxylic acids is 1. The number of ether oxygens (including phenoxy) is 1. The maximum Gasteiger partial charge on any atom is 0.253 e. The summed E-state index contributed by atoms with van der Waals surface area (Å²) in [4.78, 5) is 13.7. The first kappa shape index (κ1) is 16.0. The average molecular weight is 299 g/mol. The molecular formula is C18H21NO3. The van der Waals surface area contributed by atoms with Gasteiger partial charge in [0.15, 0.2) is 0 Å². The third kappa shape index (κ3) is 4.33. The third-order valence-electron chi connectivity index (χ3n) is 3.35. The molecule has 0 aliphatic heterocycles.